The molecule has 0 spiro atoms. The van der Waals surface area contributed by atoms with Crippen LogP contribution in [0, 0.1) is 6.92 Å². The number of rotatable bonds is 10. The van der Waals surface area contributed by atoms with E-state index in [1.165, 1.54) is 18.0 Å². The molecule has 35 heavy (non-hydrogen) atoms. The monoisotopic (exact) mass is 513 g/mol. The molecule has 7 nitrogen and oxygen atoms in total. The molecule has 2 aromatic rings. The van der Waals surface area contributed by atoms with Crippen LogP contribution in [0.5, 0.6) is 0 Å². The number of hydrogen-bond acceptors (Lipinski definition) is 4. The Morgan fingerprint density at radius 3 is 2.31 bits per heavy atom. The predicted octanol–water partition coefficient (Wildman–Crippen LogP) is 3.72. The number of likely N-dealkylation sites (N-methyl/N-ethyl adjacent to an activating group) is 1. The van der Waals surface area contributed by atoms with Gasteiger partial charge in [-0.1, -0.05) is 35.9 Å². The number of carbonyl (C=O) groups is 2. The third-order valence-electron chi connectivity index (χ3n) is 5.46. The van der Waals surface area contributed by atoms with E-state index in [-0.39, 0.29) is 43.4 Å². The van der Waals surface area contributed by atoms with Crippen molar-refractivity contribution >= 4 is 27.5 Å². The summed E-state index contributed by atoms with van der Waals surface area (Å²) in [6.07, 6.45) is -3.78. The number of amides is 2. The lowest BCUT2D eigenvalue weighted by Gasteiger charge is -2.29. The molecule has 0 heterocycles. The molecule has 2 aromatic carbocycles. The molecule has 2 rings (SSSR count). The van der Waals surface area contributed by atoms with Gasteiger partial charge in [0.2, 0.25) is 21.8 Å². The van der Waals surface area contributed by atoms with Crippen molar-refractivity contribution in [2.24, 2.45) is 0 Å². The van der Waals surface area contributed by atoms with Crippen molar-refractivity contribution in [2.45, 2.75) is 45.5 Å². The maximum atomic E-state index is 13.1. The summed E-state index contributed by atoms with van der Waals surface area (Å²) in [5, 5.41) is 2.52. The molecule has 0 saturated heterocycles. The zero-order chi connectivity index (χ0) is 26.4. The van der Waals surface area contributed by atoms with E-state index in [9.17, 15) is 31.2 Å². The smallest absolute Gasteiger partial charge is 0.357 e. The Morgan fingerprint density at radius 1 is 1.09 bits per heavy atom. The molecule has 0 aliphatic heterocycles. The molecule has 0 aromatic heterocycles. The maximum Gasteiger partial charge on any atom is 0.416 e. The van der Waals surface area contributed by atoms with Crippen molar-refractivity contribution in [3.63, 3.8) is 0 Å². The average molecular weight is 514 g/mol. The fourth-order valence-electron chi connectivity index (χ4n) is 3.64. The van der Waals surface area contributed by atoms with E-state index in [0.29, 0.717) is 0 Å². The number of aryl methyl sites for hydroxylation is 1. The molecule has 1 atom stereocenters. The summed E-state index contributed by atoms with van der Waals surface area (Å²) in [4.78, 5) is 26.7. The highest BCUT2D eigenvalue weighted by molar-refractivity contribution is 7.92. The zero-order valence-corrected chi connectivity index (χ0v) is 20.9. The minimum absolute atomic E-state index is 0.0485. The second kappa shape index (κ2) is 11.6. The van der Waals surface area contributed by atoms with Crippen LogP contribution < -0.4 is 9.62 Å². The number of carbonyl (C=O) groups excluding carboxylic acids is 2. The van der Waals surface area contributed by atoms with E-state index in [0.717, 1.165) is 39.9 Å². The van der Waals surface area contributed by atoms with E-state index in [1.54, 1.807) is 6.92 Å². The Labute approximate surface area is 204 Å². The Kier molecular flexibility index (Phi) is 9.31. The van der Waals surface area contributed by atoms with E-state index >= 15 is 0 Å². The van der Waals surface area contributed by atoms with Crippen LogP contribution in [-0.2, 0) is 32.3 Å². The molecule has 0 radical (unpaired) electrons. The molecule has 11 heteroatoms. The van der Waals surface area contributed by atoms with Crippen LogP contribution in [0.3, 0.4) is 0 Å². The number of nitrogens with zero attached hydrogens (tertiary/aromatic N) is 2. The van der Waals surface area contributed by atoms with Gasteiger partial charge in [0.05, 0.1) is 17.5 Å². The molecule has 0 aliphatic carbocycles. The molecule has 0 saturated carbocycles. The van der Waals surface area contributed by atoms with Gasteiger partial charge < -0.3 is 10.2 Å². The number of nitrogens with one attached hydrogen (secondary N) is 1. The molecule has 0 bridgehead atoms. The van der Waals surface area contributed by atoms with Crippen LogP contribution in [0.1, 0.15) is 36.5 Å². The second-order valence-corrected chi connectivity index (χ2v) is 10.2. The molecule has 0 aliphatic rings. The van der Waals surface area contributed by atoms with Crippen LogP contribution in [-0.4, -0.2) is 51.0 Å². The van der Waals surface area contributed by atoms with Crippen molar-refractivity contribution in [1.29, 1.82) is 0 Å². The van der Waals surface area contributed by atoms with Gasteiger partial charge in [0.25, 0.3) is 0 Å². The van der Waals surface area contributed by atoms with Gasteiger partial charge >= 0.3 is 6.18 Å². The number of benzene rings is 2. The maximum absolute atomic E-state index is 13.1. The summed E-state index contributed by atoms with van der Waals surface area (Å²) in [6, 6.07) is 10.7. The van der Waals surface area contributed by atoms with Crippen LogP contribution >= 0.6 is 0 Å². The standard InChI is InChI=1S/C24H30F3N3O4S/c1-17-8-5-9-19(14-17)16-29(18(2)23(32)28-3)22(31)12-7-13-30(35(4,33)34)21-11-6-10-20(15-21)24(25,26)27/h5-6,8-11,14-15,18H,7,12-13,16H2,1-4H3,(H,28,32). The van der Waals surface area contributed by atoms with Gasteiger partial charge in [-0.05, 0) is 44.0 Å². The zero-order valence-electron chi connectivity index (χ0n) is 20.1. The van der Waals surface area contributed by atoms with Crippen molar-refractivity contribution in [2.75, 3.05) is 24.2 Å². The van der Waals surface area contributed by atoms with Gasteiger partial charge in [-0.3, -0.25) is 13.9 Å². The lowest BCUT2D eigenvalue weighted by atomic mass is 10.1. The van der Waals surface area contributed by atoms with Crippen molar-refractivity contribution in [3.05, 3.63) is 65.2 Å². The van der Waals surface area contributed by atoms with Gasteiger partial charge in [-0.15, -0.1) is 0 Å². The second-order valence-electron chi connectivity index (χ2n) is 8.29. The van der Waals surface area contributed by atoms with Crippen molar-refractivity contribution in [1.82, 2.24) is 10.2 Å². The molecule has 2 amide bonds. The molecule has 1 N–H and O–H groups in total. The Bertz CT molecular complexity index is 1150. The third-order valence-corrected chi connectivity index (χ3v) is 6.66. The first-order valence-electron chi connectivity index (χ1n) is 11.0. The molecular weight excluding hydrogens is 483 g/mol. The highest BCUT2D eigenvalue weighted by Gasteiger charge is 2.32. The number of halogens is 3. The largest absolute Gasteiger partial charge is 0.416 e. The Hall–Kier alpha value is -3.08. The number of sulfonamides is 1. The first-order chi connectivity index (χ1) is 16.2. The average Bonchev–Trinajstić information content (AvgIpc) is 2.78. The Balaban J connectivity index is 2.19. The quantitative estimate of drug-likeness (QED) is 0.525. The first-order valence-corrected chi connectivity index (χ1v) is 12.8. The highest BCUT2D eigenvalue weighted by atomic mass is 32.2. The fraction of sp³-hybridized carbons (Fsp3) is 0.417. The van der Waals surface area contributed by atoms with E-state index in [2.05, 4.69) is 5.32 Å². The normalized spacial score (nSPS) is 12.7. The van der Waals surface area contributed by atoms with Crippen LogP contribution in [0.15, 0.2) is 48.5 Å². The van der Waals surface area contributed by atoms with Gasteiger partial charge in [0.1, 0.15) is 6.04 Å². The SMILES string of the molecule is CNC(=O)C(C)N(Cc1cccc(C)c1)C(=O)CCCN(c1cccc(C(F)(F)F)c1)S(C)(=O)=O. The van der Waals surface area contributed by atoms with Gasteiger partial charge in [-0.2, -0.15) is 13.2 Å². The molecular formula is C24H30F3N3O4S. The van der Waals surface area contributed by atoms with E-state index < -0.39 is 27.8 Å². The van der Waals surface area contributed by atoms with Gasteiger partial charge in [0, 0.05) is 26.6 Å². The minimum Gasteiger partial charge on any atom is -0.357 e. The fourth-order valence-corrected chi connectivity index (χ4v) is 4.60. The summed E-state index contributed by atoms with van der Waals surface area (Å²) in [5.74, 6) is -0.729. The van der Waals surface area contributed by atoms with Crippen molar-refractivity contribution in [3.8, 4) is 0 Å². The van der Waals surface area contributed by atoms with E-state index in [4.69, 9.17) is 0 Å². The predicted molar refractivity (Wildman–Crippen MR) is 128 cm³/mol. The molecule has 192 valence electrons. The third kappa shape index (κ3) is 7.98. The molecule has 0 fully saturated rings. The number of hydrogen-bond donors (Lipinski definition) is 1. The van der Waals surface area contributed by atoms with Crippen LogP contribution in [0.2, 0.25) is 0 Å². The molecule has 1 unspecified atom stereocenters. The highest BCUT2D eigenvalue weighted by Crippen LogP contribution is 2.32. The van der Waals surface area contributed by atoms with E-state index in [1.807, 2.05) is 31.2 Å². The number of alkyl halides is 3. The van der Waals surface area contributed by atoms with Crippen molar-refractivity contribution < 1.29 is 31.2 Å². The lowest BCUT2D eigenvalue weighted by molar-refractivity contribution is -0.140. The van der Waals surface area contributed by atoms with Crippen LogP contribution in [0.4, 0.5) is 18.9 Å². The summed E-state index contributed by atoms with van der Waals surface area (Å²) in [5.41, 5.74) is 0.719. The van der Waals surface area contributed by atoms with Gasteiger partial charge in [-0.25, -0.2) is 8.42 Å². The van der Waals surface area contributed by atoms with Crippen LogP contribution in [0.25, 0.3) is 0 Å². The summed E-state index contributed by atoms with van der Waals surface area (Å²) in [7, 11) is -2.44. The minimum atomic E-state index is -4.62. The summed E-state index contributed by atoms with van der Waals surface area (Å²) < 4.78 is 64.8. The number of anilines is 1. The summed E-state index contributed by atoms with van der Waals surface area (Å²) in [6.45, 7) is 3.49. The first kappa shape index (κ1) is 28.2. The summed E-state index contributed by atoms with van der Waals surface area (Å²) >= 11 is 0. The topological polar surface area (TPSA) is 86.8 Å². The van der Waals surface area contributed by atoms with Gasteiger partial charge in [0.15, 0.2) is 0 Å². The Morgan fingerprint density at radius 2 is 1.74 bits per heavy atom. The lowest BCUT2D eigenvalue weighted by Crippen LogP contribution is -2.46.